The van der Waals surface area contributed by atoms with Crippen LogP contribution in [0.4, 0.5) is 5.69 Å². The van der Waals surface area contributed by atoms with E-state index in [4.69, 9.17) is 21.1 Å². The third kappa shape index (κ3) is 8.87. The predicted molar refractivity (Wildman–Crippen MR) is 189 cm³/mol. The van der Waals surface area contributed by atoms with Crippen LogP contribution in [-0.2, 0) is 32.6 Å². The smallest absolute Gasteiger partial charge is 0.264 e. The summed E-state index contributed by atoms with van der Waals surface area (Å²) in [5.41, 5.74) is 2.85. The van der Waals surface area contributed by atoms with Crippen molar-refractivity contribution in [3.05, 3.63) is 119 Å². The van der Waals surface area contributed by atoms with Gasteiger partial charge < -0.3 is 19.7 Å². The van der Waals surface area contributed by atoms with Crippen LogP contribution < -0.4 is 19.1 Å². The third-order valence-corrected chi connectivity index (χ3v) is 10.2. The molecule has 254 valence electrons. The van der Waals surface area contributed by atoms with Gasteiger partial charge in [-0.3, -0.25) is 13.9 Å². The van der Waals surface area contributed by atoms with Crippen LogP contribution in [0.1, 0.15) is 37.0 Å². The second-order valence-corrected chi connectivity index (χ2v) is 13.8. The maximum atomic E-state index is 14.7. The summed E-state index contributed by atoms with van der Waals surface area (Å²) in [6.07, 6.45) is 0.924. The first-order chi connectivity index (χ1) is 23.0. The number of anilines is 1. The first-order valence-electron chi connectivity index (χ1n) is 15.7. The number of hydrogen-bond donors (Lipinski definition) is 1. The Labute approximate surface area is 288 Å². The lowest BCUT2D eigenvalue weighted by atomic mass is 10.0. The van der Waals surface area contributed by atoms with Gasteiger partial charge in [0.2, 0.25) is 11.8 Å². The predicted octanol–water partition coefficient (Wildman–Crippen LogP) is 6.42. The number of halogens is 1. The Morgan fingerprint density at radius 2 is 1.52 bits per heavy atom. The summed E-state index contributed by atoms with van der Waals surface area (Å²) in [7, 11) is -1.49. The molecule has 0 heterocycles. The molecule has 0 fully saturated rings. The second kappa shape index (κ2) is 16.5. The van der Waals surface area contributed by atoms with Crippen LogP contribution in [0, 0.1) is 6.92 Å². The molecule has 11 heteroatoms. The minimum Gasteiger partial charge on any atom is -0.493 e. The molecular weight excluding hydrogens is 650 g/mol. The van der Waals surface area contributed by atoms with Gasteiger partial charge in [-0.05, 0) is 73.4 Å². The van der Waals surface area contributed by atoms with Crippen LogP contribution in [0.25, 0.3) is 0 Å². The SMILES string of the molecule is CC[C@H](C)NC(=O)[C@H](Cc1ccccc1)N(Cc1ccccc1C)C(=O)CN(c1ccc(Cl)cc1)S(=O)(=O)c1ccc(OC)c(OC)c1. The molecule has 2 amide bonds. The Bertz CT molecular complexity index is 1800. The number of methoxy groups -OCH3 is 2. The number of carbonyl (C=O) groups is 2. The summed E-state index contributed by atoms with van der Waals surface area (Å²) >= 11 is 6.17. The number of benzene rings is 4. The number of amides is 2. The number of ether oxygens (including phenoxy) is 2. The number of rotatable bonds is 15. The van der Waals surface area contributed by atoms with Crippen LogP contribution in [0.2, 0.25) is 5.02 Å². The standard InChI is InChI=1S/C37H42ClN3O6S/c1-6-27(3)39-37(43)33(22-28-13-8-7-9-14-28)40(24-29-15-11-10-12-26(29)2)36(42)25-41(31-18-16-30(38)17-19-31)48(44,45)32-20-21-34(46-4)35(23-32)47-5/h7-21,23,27,33H,6,22,24-25H2,1-5H3,(H,39,43)/t27-,33-/m0/s1. The van der Waals surface area contributed by atoms with Crippen molar-refractivity contribution in [3.63, 3.8) is 0 Å². The number of nitrogens with zero attached hydrogens (tertiary/aromatic N) is 2. The van der Waals surface area contributed by atoms with E-state index in [2.05, 4.69) is 5.32 Å². The van der Waals surface area contributed by atoms with Crippen molar-refractivity contribution < 1.29 is 27.5 Å². The van der Waals surface area contributed by atoms with Crippen LogP contribution in [0.5, 0.6) is 11.5 Å². The highest BCUT2D eigenvalue weighted by atomic mass is 35.5. The van der Waals surface area contributed by atoms with E-state index in [-0.39, 0.29) is 41.2 Å². The summed E-state index contributed by atoms with van der Waals surface area (Å²) in [5, 5.41) is 3.45. The van der Waals surface area contributed by atoms with Gasteiger partial charge in [0, 0.05) is 30.1 Å². The first kappa shape index (κ1) is 36.3. The average molecular weight is 692 g/mol. The van der Waals surface area contributed by atoms with Crippen molar-refractivity contribution >= 4 is 39.1 Å². The zero-order valence-corrected chi connectivity index (χ0v) is 29.4. The fourth-order valence-corrected chi connectivity index (χ4v) is 6.76. The maximum absolute atomic E-state index is 14.7. The number of carbonyl (C=O) groups excluding carboxylic acids is 2. The minimum atomic E-state index is -4.36. The van der Waals surface area contributed by atoms with Crippen molar-refractivity contribution in [3.8, 4) is 11.5 Å². The second-order valence-electron chi connectivity index (χ2n) is 11.5. The van der Waals surface area contributed by atoms with E-state index in [1.807, 2.05) is 75.4 Å². The molecule has 1 N–H and O–H groups in total. The summed E-state index contributed by atoms with van der Waals surface area (Å²) in [5.74, 6) is -0.314. The van der Waals surface area contributed by atoms with Gasteiger partial charge in [-0.2, -0.15) is 0 Å². The lowest BCUT2D eigenvalue weighted by Gasteiger charge is -2.34. The highest BCUT2D eigenvalue weighted by Crippen LogP contribution is 2.33. The summed E-state index contributed by atoms with van der Waals surface area (Å²) in [6.45, 7) is 5.30. The largest absolute Gasteiger partial charge is 0.493 e. The first-order valence-corrected chi connectivity index (χ1v) is 17.5. The van der Waals surface area contributed by atoms with E-state index in [0.29, 0.717) is 17.2 Å². The summed E-state index contributed by atoms with van der Waals surface area (Å²) in [6, 6.07) is 26.4. The normalized spacial score (nSPS) is 12.5. The van der Waals surface area contributed by atoms with E-state index in [1.54, 1.807) is 12.1 Å². The molecule has 0 aliphatic rings. The number of sulfonamides is 1. The van der Waals surface area contributed by atoms with E-state index in [0.717, 1.165) is 21.0 Å². The Morgan fingerprint density at radius 1 is 0.875 bits per heavy atom. The van der Waals surface area contributed by atoms with Gasteiger partial charge in [0.1, 0.15) is 12.6 Å². The van der Waals surface area contributed by atoms with E-state index in [1.165, 1.54) is 49.5 Å². The van der Waals surface area contributed by atoms with Gasteiger partial charge in [0.05, 0.1) is 24.8 Å². The summed E-state index contributed by atoms with van der Waals surface area (Å²) in [4.78, 5) is 30.1. The van der Waals surface area contributed by atoms with Gasteiger partial charge >= 0.3 is 0 Å². The van der Waals surface area contributed by atoms with Crippen molar-refractivity contribution in [1.29, 1.82) is 0 Å². The van der Waals surface area contributed by atoms with Crippen molar-refractivity contribution in [1.82, 2.24) is 10.2 Å². The molecule has 0 aliphatic carbocycles. The molecular formula is C37H42ClN3O6S. The molecule has 9 nitrogen and oxygen atoms in total. The monoisotopic (exact) mass is 691 g/mol. The average Bonchev–Trinajstić information content (AvgIpc) is 3.09. The Hall–Kier alpha value is -4.54. The molecule has 0 aliphatic heterocycles. The molecule has 0 radical (unpaired) electrons. The van der Waals surface area contributed by atoms with Crippen molar-refractivity contribution in [2.45, 2.75) is 57.1 Å². The van der Waals surface area contributed by atoms with Crippen molar-refractivity contribution in [2.75, 3.05) is 25.1 Å². The minimum absolute atomic E-state index is 0.0851. The third-order valence-electron chi connectivity index (χ3n) is 8.21. The molecule has 48 heavy (non-hydrogen) atoms. The molecule has 4 aromatic rings. The Kier molecular flexibility index (Phi) is 12.5. The number of nitrogens with one attached hydrogen (secondary N) is 1. The zero-order valence-electron chi connectivity index (χ0n) is 27.9. The quantitative estimate of drug-likeness (QED) is 0.154. The van der Waals surface area contributed by atoms with Crippen LogP contribution >= 0.6 is 11.6 Å². The number of hydrogen-bond acceptors (Lipinski definition) is 6. The molecule has 4 aromatic carbocycles. The van der Waals surface area contributed by atoms with Crippen LogP contribution in [-0.4, -0.2) is 58.0 Å². The zero-order chi connectivity index (χ0) is 34.8. The van der Waals surface area contributed by atoms with Gasteiger partial charge in [0.25, 0.3) is 10.0 Å². The molecule has 4 rings (SSSR count). The molecule has 0 unspecified atom stereocenters. The molecule has 2 atom stereocenters. The van der Waals surface area contributed by atoms with Crippen LogP contribution in [0.15, 0.2) is 102 Å². The van der Waals surface area contributed by atoms with Gasteiger partial charge in [-0.15, -0.1) is 0 Å². The van der Waals surface area contributed by atoms with Crippen LogP contribution in [0.3, 0.4) is 0 Å². The Morgan fingerprint density at radius 3 is 2.15 bits per heavy atom. The molecule has 0 saturated carbocycles. The fraction of sp³-hybridized carbons (Fsp3) is 0.297. The molecule has 0 saturated heterocycles. The summed E-state index contributed by atoms with van der Waals surface area (Å²) < 4.78 is 40.5. The highest BCUT2D eigenvalue weighted by molar-refractivity contribution is 7.92. The lowest BCUT2D eigenvalue weighted by Crippen LogP contribution is -2.54. The number of aryl methyl sites for hydroxylation is 1. The highest BCUT2D eigenvalue weighted by Gasteiger charge is 2.35. The van der Waals surface area contributed by atoms with Gasteiger partial charge in [-0.25, -0.2) is 8.42 Å². The van der Waals surface area contributed by atoms with Crippen molar-refractivity contribution in [2.24, 2.45) is 0 Å². The Balaban J connectivity index is 1.84. The van der Waals surface area contributed by atoms with Gasteiger partial charge in [-0.1, -0.05) is 73.1 Å². The van der Waals surface area contributed by atoms with E-state index in [9.17, 15) is 18.0 Å². The van der Waals surface area contributed by atoms with Gasteiger partial charge in [0.15, 0.2) is 11.5 Å². The fourth-order valence-electron chi connectivity index (χ4n) is 5.21. The maximum Gasteiger partial charge on any atom is 0.264 e. The molecule has 0 aromatic heterocycles. The molecule has 0 spiro atoms. The molecule has 0 bridgehead atoms. The van der Waals surface area contributed by atoms with E-state index >= 15 is 0 Å². The van der Waals surface area contributed by atoms with E-state index < -0.39 is 28.5 Å². The lowest BCUT2D eigenvalue weighted by molar-refractivity contribution is -0.140. The topological polar surface area (TPSA) is 105 Å².